The van der Waals surface area contributed by atoms with Gasteiger partial charge in [0.2, 0.25) is 5.13 Å². The first kappa shape index (κ1) is 26.6. The van der Waals surface area contributed by atoms with Crippen molar-refractivity contribution in [3.8, 4) is 16.3 Å². The fraction of sp³-hybridized carbons (Fsp3) is 0.483. The number of rotatable bonds is 10. The van der Waals surface area contributed by atoms with E-state index in [2.05, 4.69) is 43.1 Å². The van der Waals surface area contributed by atoms with E-state index in [9.17, 15) is 4.79 Å². The van der Waals surface area contributed by atoms with Crippen molar-refractivity contribution in [1.82, 2.24) is 10.2 Å². The number of aryl methyl sites for hydroxylation is 2. The Morgan fingerprint density at radius 2 is 1.83 bits per heavy atom. The van der Waals surface area contributed by atoms with Crippen molar-refractivity contribution in [3.63, 3.8) is 0 Å². The van der Waals surface area contributed by atoms with Gasteiger partial charge in [0.15, 0.2) is 0 Å². The van der Waals surface area contributed by atoms with Gasteiger partial charge in [0.05, 0.1) is 17.2 Å². The first-order valence-electron chi connectivity index (χ1n) is 13.1. The molecule has 1 saturated carbocycles. The minimum atomic E-state index is -0.147. The van der Waals surface area contributed by atoms with Crippen molar-refractivity contribution >= 4 is 34.0 Å². The molecule has 0 atom stereocenters. The number of carbonyl (C=O) groups is 1. The van der Waals surface area contributed by atoms with Crippen molar-refractivity contribution < 1.29 is 9.53 Å². The quantitative estimate of drug-likeness (QED) is 0.267. The van der Waals surface area contributed by atoms with Gasteiger partial charge in [-0.1, -0.05) is 80.5 Å². The molecular weight excluding hydrogens is 490 g/mol. The normalized spacial score (nSPS) is 14.1. The molecule has 4 rings (SSSR count). The lowest BCUT2D eigenvalue weighted by molar-refractivity contribution is 0.0986. The van der Waals surface area contributed by atoms with Gasteiger partial charge in [-0.25, -0.2) is 0 Å². The smallest absolute Gasteiger partial charge is 0.261 e. The average molecular weight is 526 g/mol. The summed E-state index contributed by atoms with van der Waals surface area (Å²) in [6, 6.07) is 11.4. The molecule has 0 N–H and O–H groups in total. The van der Waals surface area contributed by atoms with Crippen LogP contribution in [0.4, 0.5) is 5.13 Å². The van der Waals surface area contributed by atoms with E-state index in [4.69, 9.17) is 16.3 Å². The Bertz CT molecular complexity index is 1150. The number of anilines is 1. The minimum Gasteiger partial charge on any atom is -0.493 e. The summed E-state index contributed by atoms with van der Waals surface area (Å²) in [5.41, 5.74) is 3.67. The van der Waals surface area contributed by atoms with Crippen molar-refractivity contribution in [2.45, 2.75) is 72.1 Å². The number of unbranched alkanes of at least 4 members (excludes halogenated alkanes) is 1. The van der Waals surface area contributed by atoms with E-state index in [-0.39, 0.29) is 5.91 Å². The van der Waals surface area contributed by atoms with Gasteiger partial charge in [-0.05, 0) is 68.0 Å². The largest absolute Gasteiger partial charge is 0.493 e. The van der Waals surface area contributed by atoms with Crippen LogP contribution < -0.4 is 9.64 Å². The van der Waals surface area contributed by atoms with Crippen LogP contribution in [0.2, 0.25) is 5.02 Å². The molecule has 0 aliphatic heterocycles. The first-order chi connectivity index (χ1) is 17.5. The molecule has 0 radical (unpaired) electrons. The third kappa shape index (κ3) is 6.46. The third-order valence-electron chi connectivity index (χ3n) is 6.93. The second kappa shape index (κ2) is 12.7. The van der Waals surface area contributed by atoms with Crippen molar-refractivity contribution in [1.29, 1.82) is 0 Å². The van der Waals surface area contributed by atoms with Gasteiger partial charge in [-0.15, -0.1) is 10.2 Å². The summed E-state index contributed by atoms with van der Waals surface area (Å²) in [7, 11) is 0. The number of hydrogen-bond donors (Lipinski definition) is 0. The van der Waals surface area contributed by atoms with E-state index >= 15 is 0 Å². The number of nitrogens with zero attached hydrogens (tertiary/aromatic N) is 3. The summed E-state index contributed by atoms with van der Waals surface area (Å²) in [4.78, 5) is 15.1. The van der Waals surface area contributed by atoms with Crippen LogP contribution in [-0.2, 0) is 0 Å². The Labute approximate surface area is 223 Å². The molecule has 1 aliphatic carbocycles. The number of amides is 1. The summed E-state index contributed by atoms with van der Waals surface area (Å²) in [6.45, 7) is 7.62. The van der Waals surface area contributed by atoms with E-state index < -0.39 is 0 Å². The zero-order valence-corrected chi connectivity index (χ0v) is 23.1. The monoisotopic (exact) mass is 525 g/mol. The standard InChI is InChI=1S/C29H36ClN3O2S/c1-4-5-16-33(28(34)24-13-9-10-14-25(24)30)29-32-31-27(36-29)23-18-20(2)26(21(3)19-23)35-17-15-22-11-7-6-8-12-22/h9-10,13-14,18-19,22H,4-8,11-12,15-17H2,1-3H3. The number of benzene rings is 2. The Morgan fingerprint density at radius 1 is 1.11 bits per heavy atom. The highest BCUT2D eigenvalue weighted by Gasteiger charge is 2.24. The van der Waals surface area contributed by atoms with E-state index in [1.165, 1.54) is 43.4 Å². The van der Waals surface area contributed by atoms with E-state index in [0.29, 0.717) is 22.3 Å². The van der Waals surface area contributed by atoms with Gasteiger partial charge in [-0.2, -0.15) is 0 Å². The summed E-state index contributed by atoms with van der Waals surface area (Å²) >= 11 is 7.76. The number of carbonyl (C=O) groups excluding carboxylic acids is 1. The van der Waals surface area contributed by atoms with Gasteiger partial charge in [0.1, 0.15) is 10.8 Å². The van der Waals surface area contributed by atoms with Crippen molar-refractivity contribution in [3.05, 3.63) is 58.1 Å². The summed E-state index contributed by atoms with van der Waals surface area (Å²) in [5.74, 6) is 1.63. The minimum absolute atomic E-state index is 0.147. The molecule has 1 fully saturated rings. The van der Waals surface area contributed by atoms with Crippen LogP contribution >= 0.6 is 22.9 Å². The summed E-state index contributed by atoms with van der Waals surface area (Å²) in [6.07, 6.45) is 9.77. The highest BCUT2D eigenvalue weighted by Crippen LogP contribution is 2.35. The lowest BCUT2D eigenvalue weighted by atomic mass is 9.87. The predicted octanol–water partition coefficient (Wildman–Crippen LogP) is 8.27. The highest BCUT2D eigenvalue weighted by atomic mass is 35.5. The van der Waals surface area contributed by atoms with Gasteiger partial charge >= 0.3 is 0 Å². The van der Waals surface area contributed by atoms with Crippen LogP contribution in [-0.4, -0.2) is 29.3 Å². The molecule has 0 spiro atoms. The van der Waals surface area contributed by atoms with Crippen LogP contribution in [0.5, 0.6) is 5.75 Å². The van der Waals surface area contributed by atoms with Crippen LogP contribution in [0.3, 0.4) is 0 Å². The van der Waals surface area contributed by atoms with E-state index in [1.807, 2.05) is 12.1 Å². The van der Waals surface area contributed by atoms with Crippen molar-refractivity contribution in [2.75, 3.05) is 18.1 Å². The maximum Gasteiger partial charge on any atom is 0.261 e. The Hall–Kier alpha value is -2.44. The van der Waals surface area contributed by atoms with E-state index in [0.717, 1.165) is 59.2 Å². The first-order valence-corrected chi connectivity index (χ1v) is 14.3. The fourth-order valence-electron chi connectivity index (χ4n) is 4.93. The topological polar surface area (TPSA) is 55.3 Å². The molecule has 0 saturated heterocycles. The van der Waals surface area contributed by atoms with Crippen LogP contribution in [0, 0.1) is 19.8 Å². The van der Waals surface area contributed by atoms with E-state index in [1.54, 1.807) is 17.0 Å². The Balaban J connectivity index is 1.50. The molecule has 1 aromatic heterocycles. The zero-order chi connectivity index (χ0) is 25.5. The fourth-order valence-corrected chi connectivity index (χ4v) is 6.00. The average Bonchev–Trinajstić information content (AvgIpc) is 3.36. The van der Waals surface area contributed by atoms with Gasteiger partial charge < -0.3 is 4.74 Å². The van der Waals surface area contributed by atoms with Gasteiger partial charge in [0.25, 0.3) is 5.91 Å². The second-order valence-corrected chi connectivity index (χ2v) is 11.1. The number of hydrogen-bond acceptors (Lipinski definition) is 5. The molecule has 36 heavy (non-hydrogen) atoms. The maximum absolute atomic E-state index is 13.3. The molecule has 5 nitrogen and oxygen atoms in total. The lowest BCUT2D eigenvalue weighted by Crippen LogP contribution is -2.32. The lowest BCUT2D eigenvalue weighted by Gasteiger charge is -2.22. The number of ether oxygens (including phenoxy) is 1. The SMILES string of the molecule is CCCCN(C(=O)c1ccccc1Cl)c1nnc(-c2cc(C)c(OCCC3CCCCC3)c(C)c2)s1. The molecule has 0 unspecified atom stereocenters. The van der Waals surface area contributed by atoms with Gasteiger partial charge in [0, 0.05) is 12.1 Å². The molecule has 2 aromatic carbocycles. The molecule has 7 heteroatoms. The molecule has 3 aromatic rings. The van der Waals surface area contributed by atoms with Gasteiger partial charge in [-0.3, -0.25) is 9.69 Å². The predicted molar refractivity (Wildman–Crippen MR) is 150 cm³/mol. The number of halogens is 1. The zero-order valence-electron chi connectivity index (χ0n) is 21.6. The molecule has 1 amide bonds. The van der Waals surface area contributed by atoms with Crippen LogP contribution in [0.25, 0.3) is 10.6 Å². The summed E-state index contributed by atoms with van der Waals surface area (Å²) in [5, 5.41) is 10.7. The number of aromatic nitrogens is 2. The molecule has 0 bridgehead atoms. The summed E-state index contributed by atoms with van der Waals surface area (Å²) < 4.78 is 6.24. The second-order valence-electron chi connectivity index (χ2n) is 9.76. The highest BCUT2D eigenvalue weighted by molar-refractivity contribution is 7.18. The Kier molecular flexibility index (Phi) is 9.38. The Morgan fingerprint density at radius 3 is 2.53 bits per heavy atom. The van der Waals surface area contributed by atoms with Crippen LogP contribution in [0.15, 0.2) is 36.4 Å². The molecule has 1 aliphatic rings. The molecule has 1 heterocycles. The molecule has 192 valence electrons. The maximum atomic E-state index is 13.3. The molecular formula is C29H36ClN3O2S. The van der Waals surface area contributed by atoms with Crippen molar-refractivity contribution in [2.24, 2.45) is 5.92 Å². The van der Waals surface area contributed by atoms with Crippen LogP contribution in [0.1, 0.15) is 79.8 Å². The third-order valence-corrected chi connectivity index (χ3v) is 8.26.